The lowest BCUT2D eigenvalue weighted by atomic mass is 10.3. The standard InChI is InChI=1S/C17H35N5O2S/c1-21(2)16(23)15-20-17(18-7-4-5-14-25-3)19-8-6-9-22-10-12-24-13-11-22/h4-15H2,1-3H3,(H2,18,19,20). The van der Waals surface area contributed by atoms with Crippen molar-refractivity contribution in [2.45, 2.75) is 19.3 Å². The largest absolute Gasteiger partial charge is 0.379 e. The van der Waals surface area contributed by atoms with E-state index >= 15 is 0 Å². The molecule has 1 heterocycles. The molecule has 25 heavy (non-hydrogen) atoms. The zero-order valence-corrected chi connectivity index (χ0v) is 16.9. The summed E-state index contributed by atoms with van der Waals surface area (Å²) in [5, 5.41) is 6.69. The molecule has 8 heteroatoms. The fraction of sp³-hybridized carbons (Fsp3) is 0.882. The first-order valence-corrected chi connectivity index (χ1v) is 10.5. The smallest absolute Gasteiger partial charge is 0.243 e. The van der Waals surface area contributed by atoms with Gasteiger partial charge in [-0.1, -0.05) is 0 Å². The number of guanidine groups is 1. The van der Waals surface area contributed by atoms with E-state index in [0.717, 1.165) is 64.7 Å². The highest BCUT2D eigenvalue weighted by Gasteiger charge is 2.09. The van der Waals surface area contributed by atoms with Crippen molar-refractivity contribution in [2.75, 3.05) is 78.6 Å². The first-order chi connectivity index (χ1) is 12.1. The maximum absolute atomic E-state index is 11.7. The molecule has 7 nitrogen and oxygen atoms in total. The lowest BCUT2D eigenvalue weighted by Gasteiger charge is -2.26. The third-order valence-corrected chi connectivity index (χ3v) is 4.68. The number of unbranched alkanes of at least 4 members (excludes halogenated alkanes) is 1. The molecule has 0 atom stereocenters. The van der Waals surface area contributed by atoms with Gasteiger partial charge in [0.25, 0.3) is 0 Å². The van der Waals surface area contributed by atoms with Crippen LogP contribution >= 0.6 is 11.8 Å². The van der Waals surface area contributed by atoms with Gasteiger partial charge < -0.3 is 20.3 Å². The van der Waals surface area contributed by atoms with Crippen LogP contribution in [0.1, 0.15) is 19.3 Å². The Morgan fingerprint density at radius 2 is 1.84 bits per heavy atom. The summed E-state index contributed by atoms with van der Waals surface area (Å²) in [7, 11) is 3.51. The Balaban J connectivity index is 2.29. The number of carbonyl (C=O) groups is 1. The number of hydrogen-bond acceptors (Lipinski definition) is 5. The fourth-order valence-electron chi connectivity index (χ4n) is 2.37. The molecule has 0 spiro atoms. The van der Waals surface area contributed by atoms with E-state index < -0.39 is 0 Å². The first kappa shape index (κ1) is 22.1. The van der Waals surface area contributed by atoms with E-state index in [0.29, 0.717) is 0 Å². The zero-order chi connectivity index (χ0) is 18.3. The minimum Gasteiger partial charge on any atom is -0.379 e. The summed E-state index contributed by atoms with van der Waals surface area (Å²) in [6.07, 6.45) is 5.48. The van der Waals surface area contributed by atoms with Crippen LogP contribution in [0.15, 0.2) is 4.99 Å². The maximum atomic E-state index is 11.7. The molecule has 0 unspecified atom stereocenters. The van der Waals surface area contributed by atoms with Crippen molar-refractivity contribution >= 4 is 23.6 Å². The number of hydrogen-bond donors (Lipinski definition) is 2. The Labute approximate surface area is 156 Å². The number of amides is 1. The molecule has 1 aliphatic heterocycles. The molecule has 0 saturated carbocycles. The molecule has 0 aliphatic carbocycles. The number of likely N-dealkylation sites (N-methyl/N-ethyl adjacent to an activating group) is 1. The third kappa shape index (κ3) is 11.3. The quantitative estimate of drug-likeness (QED) is 0.312. The van der Waals surface area contributed by atoms with Crippen molar-refractivity contribution in [2.24, 2.45) is 4.99 Å². The summed E-state index contributed by atoms with van der Waals surface area (Å²) in [6.45, 7) is 6.69. The number of thioether (sulfide) groups is 1. The Kier molecular flexibility index (Phi) is 12.5. The molecular weight excluding hydrogens is 338 g/mol. The van der Waals surface area contributed by atoms with Crippen LogP contribution in [0.25, 0.3) is 0 Å². The van der Waals surface area contributed by atoms with Crippen molar-refractivity contribution in [3.8, 4) is 0 Å². The molecule has 1 aliphatic rings. The second kappa shape index (κ2) is 14.2. The molecule has 1 fully saturated rings. The average molecular weight is 374 g/mol. The zero-order valence-electron chi connectivity index (χ0n) is 16.1. The van der Waals surface area contributed by atoms with Gasteiger partial charge in [0.1, 0.15) is 6.54 Å². The van der Waals surface area contributed by atoms with Gasteiger partial charge in [0.15, 0.2) is 5.96 Å². The van der Waals surface area contributed by atoms with Crippen LogP contribution in [0.3, 0.4) is 0 Å². The fourth-order valence-corrected chi connectivity index (χ4v) is 2.87. The van der Waals surface area contributed by atoms with Crippen LogP contribution < -0.4 is 10.6 Å². The van der Waals surface area contributed by atoms with Crippen LogP contribution in [0.4, 0.5) is 0 Å². The van der Waals surface area contributed by atoms with E-state index in [1.807, 2.05) is 11.8 Å². The summed E-state index contributed by atoms with van der Waals surface area (Å²) in [4.78, 5) is 20.1. The van der Waals surface area contributed by atoms with Crippen LogP contribution in [0.2, 0.25) is 0 Å². The minimum absolute atomic E-state index is 0.0109. The van der Waals surface area contributed by atoms with Gasteiger partial charge in [-0.05, 0) is 37.8 Å². The molecule has 0 radical (unpaired) electrons. The van der Waals surface area contributed by atoms with Gasteiger partial charge in [-0.3, -0.25) is 9.69 Å². The van der Waals surface area contributed by atoms with Gasteiger partial charge in [0.2, 0.25) is 5.91 Å². The van der Waals surface area contributed by atoms with Gasteiger partial charge in [0, 0.05) is 40.3 Å². The number of nitrogens with zero attached hydrogens (tertiary/aromatic N) is 3. The third-order valence-electron chi connectivity index (χ3n) is 3.99. The SMILES string of the molecule is CSCCCCNC(=NCC(=O)N(C)C)NCCCN1CCOCC1. The van der Waals surface area contributed by atoms with E-state index in [1.54, 1.807) is 19.0 Å². The number of aliphatic imine (C=N–C) groups is 1. The summed E-state index contributed by atoms with van der Waals surface area (Å²) in [5.41, 5.74) is 0. The molecule has 0 aromatic carbocycles. The van der Waals surface area contributed by atoms with Crippen molar-refractivity contribution in [1.82, 2.24) is 20.4 Å². The number of ether oxygens (including phenoxy) is 1. The van der Waals surface area contributed by atoms with Crippen LogP contribution in [0, 0.1) is 0 Å². The lowest BCUT2D eigenvalue weighted by Crippen LogP contribution is -2.41. The number of rotatable bonds is 11. The Hall–Kier alpha value is -0.990. The van der Waals surface area contributed by atoms with Gasteiger partial charge in [0.05, 0.1) is 13.2 Å². The first-order valence-electron chi connectivity index (χ1n) is 9.15. The predicted molar refractivity (Wildman–Crippen MR) is 106 cm³/mol. The van der Waals surface area contributed by atoms with Crippen molar-refractivity contribution in [3.63, 3.8) is 0 Å². The Bertz CT molecular complexity index is 387. The van der Waals surface area contributed by atoms with Crippen molar-refractivity contribution in [3.05, 3.63) is 0 Å². The molecule has 0 bridgehead atoms. The normalized spacial score (nSPS) is 15.9. The molecule has 0 aromatic rings. The van der Waals surface area contributed by atoms with Gasteiger partial charge in [-0.15, -0.1) is 0 Å². The highest BCUT2D eigenvalue weighted by Crippen LogP contribution is 1.98. The summed E-state index contributed by atoms with van der Waals surface area (Å²) in [5.74, 6) is 1.93. The monoisotopic (exact) mass is 373 g/mol. The molecule has 0 aromatic heterocycles. The van der Waals surface area contributed by atoms with Crippen molar-refractivity contribution in [1.29, 1.82) is 0 Å². The topological polar surface area (TPSA) is 69.2 Å². The summed E-state index contributed by atoms with van der Waals surface area (Å²) < 4.78 is 5.37. The molecule has 1 saturated heterocycles. The van der Waals surface area contributed by atoms with E-state index in [1.165, 1.54) is 12.2 Å². The van der Waals surface area contributed by atoms with Crippen LogP contribution in [0.5, 0.6) is 0 Å². The maximum Gasteiger partial charge on any atom is 0.243 e. The Morgan fingerprint density at radius 1 is 1.16 bits per heavy atom. The molecular formula is C17H35N5O2S. The minimum atomic E-state index is 0.0109. The number of nitrogens with one attached hydrogen (secondary N) is 2. The highest BCUT2D eigenvalue weighted by molar-refractivity contribution is 7.98. The second-order valence-corrected chi connectivity index (χ2v) is 7.30. The second-order valence-electron chi connectivity index (χ2n) is 6.31. The predicted octanol–water partition coefficient (Wildman–Crippen LogP) is 0.475. The van der Waals surface area contributed by atoms with Gasteiger partial charge >= 0.3 is 0 Å². The van der Waals surface area contributed by atoms with Gasteiger partial charge in [-0.25, -0.2) is 4.99 Å². The summed E-state index contributed by atoms with van der Waals surface area (Å²) >= 11 is 1.87. The summed E-state index contributed by atoms with van der Waals surface area (Å²) in [6, 6.07) is 0. The molecule has 1 amide bonds. The van der Waals surface area contributed by atoms with Gasteiger partial charge in [-0.2, -0.15) is 11.8 Å². The van der Waals surface area contributed by atoms with Crippen molar-refractivity contribution < 1.29 is 9.53 Å². The van der Waals surface area contributed by atoms with E-state index in [9.17, 15) is 4.79 Å². The highest BCUT2D eigenvalue weighted by atomic mass is 32.2. The average Bonchev–Trinajstić information content (AvgIpc) is 2.62. The van der Waals surface area contributed by atoms with E-state index in [4.69, 9.17) is 4.74 Å². The van der Waals surface area contributed by atoms with Crippen LogP contribution in [-0.4, -0.2) is 100 Å². The lowest BCUT2D eigenvalue weighted by molar-refractivity contribution is -0.127. The van der Waals surface area contributed by atoms with E-state index in [-0.39, 0.29) is 12.5 Å². The van der Waals surface area contributed by atoms with Crippen LogP contribution in [-0.2, 0) is 9.53 Å². The number of morpholine rings is 1. The van der Waals surface area contributed by atoms with E-state index in [2.05, 4.69) is 26.8 Å². The molecule has 146 valence electrons. The molecule has 1 rings (SSSR count). The Morgan fingerprint density at radius 3 is 2.48 bits per heavy atom. The molecule has 2 N–H and O–H groups in total. The number of carbonyl (C=O) groups excluding carboxylic acids is 1.